The lowest BCUT2D eigenvalue weighted by Gasteiger charge is -2.36. The SMILES string of the molecule is CC(=O)Nc1ccc(-c2nccs2)c2oc(N3CC4CCCC3CN4)nc12. The minimum absolute atomic E-state index is 0.124. The van der Waals surface area contributed by atoms with Gasteiger partial charge in [-0.3, -0.25) is 4.79 Å². The third-order valence-corrected chi connectivity index (χ3v) is 6.15. The highest BCUT2D eigenvalue weighted by molar-refractivity contribution is 7.13. The summed E-state index contributed by atoms with van der Waals surface area (Å²) in [5, 5.41) is 9.31. The van der Waals surface area contributed by atoms with Crippen molar-refractivity contribution in [3.8, 4) is 10.6 Å². The summed E-state index contributed by atoms with van der Waals surface area (Å²) in [6.45, 7) is 3.36. The molecular weight excluding hydrogens is 362 g/mol. The molecule has 3 aliphatic heterocycles. The van der Waals surface area contributed by atoms with Gasteiger partial charge in [-0.25, -0.2) is 4.98 Å². The van der Waals surface area contributed by atoms with Crippen molar-refractivity contribution in [2.75, 3.05) is 23.3 Å². The molecular formula is C19H21N5O2S. The van der Waals surface area contributed by atoms with E-state index in [2.05, 4.69) is 20.5 Å². The first-order valence-electron chi connectivity index (χ1n) is 9.30. The van der Waals surface area contributed by atoms with Gasteiger partial charge in [-0.05, 0) is 31.4 Å². The van der Waals surface area contributed by atoms with Gasteiger partial charge in [-0.1, -0.05) is 0 Å². The van der Waals surface area contributed by atoms with Gasteiger partial charge in [-0.2, -0.15) is 4.98 Å². The fourth-order valence-corrected chi connectivity index (χ4v) is 4.74. The highest BCUT2D eigenvalue weighted by Crippen LogP contribution is 2.38. The van der Waals surface area contributed by atoms with Crippen LogP contribution in [0.2, 0.25) is 0 Å². The van der Waals surface area contributed by atoms with E-state index in [1.54, 1.807) is 17.5 Å². The van der Waals surface area contributed by atoms with E-state index < -0.39 is 0 Å². The number of anilines is 2. The van der Waals surface area contributed by atoms with Crippen molar-refractivity contribution in [3.63, 3.8) is 0 Å². The van der Waals surface area contributed by atoms with E-state index >= 15 is 0 Å². The first-order chi connectivity index (χ1) is 13.2. The van der Waals surface area contributed by atoms with E-state index in [1.807, 2.05) is 17.5 Å². The standard InChI is InChI=1S/C19H21N5O2S/c1-11(25)22-15-6-5-14(18-20-7-8-27-18)17-16(15)23-19(26-17)24-10-12-3-2-4-13(24)9-21-12/h5-8,12-13,21H,2-4,9-10H2,1H3,(H,22,25). The van der Waals surface area contributed by atoms with Gasteiger partial charge < -0.3 is 20.0 Å². The second-order valence-electron chi connectivity index (χ2n) is 7.20. The molecule has 2 atom stereocenters. The highest BCUT2D eigenvalue weighted by atomic mass is 32.1. The van der Waals surface area contributed by atoms with Crippen molar-refractivity contribution >= 4 is 40.0 Å². The van der Waals surface area contributed by atoms with Crippen molar-refractivity contribution in [3.05, 3.63) is 23.7 Å². The number of carbonyl (C=O) groups is 1. The molecule has 3 aromatic rings. The number of aromatic nitrogens is 2. The third kappa shape index (κ3) is 2.98. The summed E-state index contributed by atoms with van der Waals surface area (Å²) < 4.78 is 6.30. The number of carbonyl (C=O) groups excluding carboxylic acids is 1. The molecule has 5 heterocycles. The van der Waals surface area contributed by atoms with E-state index in [9.17, 15) is 4.79 Å². The average Bonchev–Trinajstić information content (AvgIpc) is 3.24. The molecule has 27 heavy (non-hydrogen) atoms. The fourth-order valence-electron chi connectivity index (χ4n) is 4.08. The molecule has 1 aromatic carbocycles. The summed E-state index contributed by atoms with van der Waals surface area (Å²) in [6, 6.07) is 5.33. The lowest BCUT2D eigenvalue weighted by molar-refractivity contribution is -0.114. The Labute approximate surface area is 160 Å². The molecule has 140 valence electrons. The van der Waals surface area contributed by atoms with Crippen LogP contribution in [-0.2, 0) is 4.79 Å². The Balaban J connectivity index is 1.64. The quantitative estimate of drug-likeness (QED) is 0.722. The summed E-state index contributed by atoms with van der Waals surface area (Å²) in [5.41, 5.74) is 2.94. The van der Waals surface area contributed by atoms with Crippen LogP contribution in [0.5, 0.6) is 0 Å². The molecule has 2 unspecified atom stereocenters. The van der Waals surface area contributed by atoms with Gasteiger partial charge in [0.25, 0.3) is 6.01 Å². The van der Waals surface area contributed by atoms with Crippen LogP contribution in [-0.4, -0.2) is 41.0 Å². The molecule has 0 saturated carbocycles. The number of rotatable bonds is 3. The molecule has 3 saturated heterocycles. The van der Waals surface area contributed by atoms with Crippen LogP contribution in [0.25, 0.3) is 21.7 Å². The number of amides is 1. The molecule has 0 spiro atoms. The second kappa shape index (κ2) is 6.61. The maximum Gasteiger partial charge on any atom is 0.298 e. The van der Waals surface area contributed by atoms with E-state index in [-0.39, 0.29) is 5.91 Å². The van der Waals surface area contributed by atoms with Crippen LogP contribution < -0.4 is 15.5 Å². The summed E-state index contributed by atoms with van der Waals surface area (Å²) in [5.74, 6) is -0.124. The summed E-state index contributed by atoms with van der Waals surface area (Å²) in [4.78, 5) is 23.2. The minimum Gasteiger partial charge on any atom is -0.423 e. The molecule has 2 N–H and O–H groups in total. The van der Waals surface area contributed by atoms with Crippen LogP contribution in [0.4, 0.5) is 11.7 Å². The number of hydrogen-bond acceptors (Lipinski definition) is 7. The first kappa shape index (κ1) is 16.7. The van der Waals surface area contributed by atoms with Crippen molar-refractivity contribution in [2.24, 2.45) is 0 Å². The molecule has 1 amide bonds. The Morgan fingerprint density at radius 1 is 1.41 bits per heavy atom. The topological polar surface area (TPSA) is 83.3 Å². The second-order valence-corrected chi connectivity index (χ2v) is 8.09. The third-order valence-electron chi connectivity index (χ3n) is 5.34. The molecule has 8 heteroatoms. The van der Waals surface area contributed by atoms with Crippen LogP contribution >= 0.6 is 11.3 Å². The summed E-state index contributed by atoms with van der Waals surface area (Å²) in [7, 11) is 0. The Kier molecular flexibility index (Phi) is 4.09. The molecule has 3 aliphatic rings. The minimum atomic E-state index is -0.124. The highest BCUT2D eigenvalue weighted by Gasteiger charge is 2.34. The molecule has 2 aromatic heterocycles. The smallest absolute Gasteiger partial charge is 0.298 e. The lowest BCUT2D eigenvalue weighted by Crippen LogP contribution is -2.54. The van der Waals surface area contributed by atoms with Crippen LogP contribution in [0.3, 0.4) is 0 Å². The number of oxazole rings is 1. The van der Waals surface area contributed by atoms with E-state index in [1.165, 1.54) is 19.8 Å². The number of nitrogens with zero attached hydrogens (tertiary/aromatic N) is 3. The Bertz CT molecular complexity index is 980. The average molecular weight is 383 g/mol. The Hall–Kier alpha value is -2.45. The van der Waals surface area contributed by atoms with Crippen molar-refractivity contribution in [2.45, 2.75) is 38.3 Å². The zero-order valence-corrected chi connectivity index (χ0v) is 15.9. The van der Waals surface area contributed by atoms with Crippen molar-refractivity contribution in [1.82, 2.24) is 15.3 Å². The van der Waals surface area contributed by atoms with E-state index in [0.717, 1.165) is 30.1 Å². The number of nitrogens with one attached hydrogen (secondary N) is 2. The van der Waals surface area contributed by atoms with E-state index in [4.69, 9.17) is 9.40 Å². The number of hydrogen-bond donors (Lipinski definition) is 2. The fraction of sp³-hybridized carbons (Fsp3) is 0.421. The Morgan fingerprint density at radius 3 is 3.15 bits per heavy atom. The predicted molar refractivity (Wildman–Crippen MR) is 106 cm³/mol. The zero-order valence-electron chi connectivity index (χ0n) is 15.1. The van der Waals surface area contributed by atoms with Gasteiger partial charge in [0, 0.05) is 43.7 Å². The lowest BCUT2D eigenvalue weighted by atomic mass is 10.1. The van der Waals surface area contributed by atoms with Gasteiger partial charge in [0.15, 0.2) is 5.58 Å². The number of benzene rings is 1. The van der Waals surface area contributed by atoms with Gasteiger partial charge in [0.2, 0.25) is 5.91 Å². The van der Waals surface area contributed by atoms with Crippen LogP contribution in [0.15, 0.2) is 28.1 Å². The van der Waals surface area contributed by atoms with Crippen molar-refractivity contribution < 1.29 is 9.21 Å². The van der Waals surface area contributed by atoms with Crippen LogP contribution in [0.1, 0.15) is 26.2 Å². The van der Waals surface area contributed by atoms with Crippen LogP contribution in [0, 0.1) is 0 Å². The largest absolute Gasteiger partial charge is 0.423 e. The first-order valence-corrected chi connectivity index (χ1v) is 10.2. The summed E-state index contributed by atoms with van der Waals surface area (Å²) >= 11 is 1.56. The predicted octanol–water partition coefficient (Wildman–Crippen LogP) is 3.24. The molecule has 6 rings (SSSR count). The van der Waals surface area contributed by atoms with Gasteiger partial charge >= 0.3 is 0 Å². The zero-order chi connectivity index (χ0) is 18.4. The molecule has 2 bridgehead atoms. The van der Waals surface area contributed by atoms with Gasteiger partial charge in [-0.15, -0.1) is 11.3 Å². The normalized spacial score (nSPS) is 22.2. The number of thiazole rings is 1. The van der Waals surface area contributed by atoms with Gasteiger partial charge in [0.05, 0.1) is 11.3 Å². The number of piperazine rings is 1. The van der Waals surface area contributed by atoms with Crippen molar-refractivity contribution in [1.29, 1.82) is 0 Å². The maximum absolute atomic E-state index is 11.6. The molecule has 0 aliphatic carbocycles. The molecule has 7 nitrogen and oxygen atoms in total. The van der Waals surface area contributed by atoms with Gasteiger partial charge in [0.1, 0.15) is 10.5 Å². The monoisotopic (exact) mass is 383 g/mol. The van der Waals surface area contributed by atoms with E-state index in [0.29, 0.717) is 34.9 Å². The molecule has 3 fully saturated rings. The maximum atomic E-state index is 11.6. The Morgan fingerprint density at radius 2 is 2.33 bits per heavy atom. The molecule has 0 radical (unpaired) electrons. The number of fused-ring (bicyclic) bond motifs is 5. The summed E-state index contributed by atoms with van der Waals surface area (Å²) in [6.07, 6.45) is 5.33.